The summed E-state index contributed by atoms with van der Waals surface area (Å²) in [5.41, 5.74) is 1.99. The molecule has 2 atom stereocenters. The molecule has 2 fully saturated rings. The van der Waals surface area contributed by atoms with Crippen LogP contribution in [0.25, 0.3) is 0 Å². The Hall–Kier alpha value is -3.52. The van der Waals surface area contributed by atoms with Crippen LogP contribution in [0, 0.1) is 22.0 Å². The van der Waals surface area contributed by atoms with Crippen LogP contribution in [0.3, 0.4) is 0 Å². The van der Waals surface area contributed by atoms with Crippen LogP contribution in [-0.4, -0.2) is 47.8 Å². The van der Waals surface area contributed by atoms with Crippen LogP contribution in [0.4, 0.5) is 17.1 Å². The number of nitrogens with zero attached hydrogens (tertiary/aromatic N) is 4. The molecule has 0 radical (unpaired) electrons. The fourth-order valence-electron chi connectivity index (χ4n) is 5.11. The number of anilines is 2. The summed E-state index contributed by atoms with van der Waals surface area (Å²) in [7, 11) is 0. The molecule has 2 heterocycles. The molecule has 0 N–H and O–H groups in total. The van der Waals surface area contributed by atoms with E-state index in [1.807, 2.05) is 35.3 Å². The van der Waals surface area contributed by atoms with Crippen molar-refractivity contribution in [2.75, 3.05) is 36.0 Å². The topological polar surface area (TPSA) is 87.0 Å². The first-order valence-corrected chi connectivity index (χ1v) is 11.4. The number of carbonyl (C=O) groups excluding carboxylic acids is 2. The van der Waals surface area contributed by atoms with Crippen LogP contribution in [-0.2, 0) is 16.1 Å². The van der Waals surface area contributed by atoms with Crippen molar-refractivity contribution in [3.63, 3.8) is 0 Å². The molecule has 0 saturated carbocycles. The first-order chi connectivity index (χ1) is 16.0. The number of hydrogen-bond donors (Lipinski definition) is 0. The average molecular weight is 447 g/mol. The second kappa shape index (κ2) is 8.78. The zero-order valence-electron chi connectivity index (χ0n) is 18.3. The van der Waals surface area contributed by atoms with Gasteiger partial charge >= 0.3 is 0 Å². The lowest BCUT2D eigenvalue weighted by Gasteiger charge is -2.36. The predicted molar refractivity (Wildman–Crippen MR) is 125 cm³/mol. The minimum absolute atomic E-state index is 0.0717. The number of amides is 2. The summed E-state index contributed by atoms with van der Waals surface area (Å²) < 4.78 is 0. The SMILES string of the molecule is O=C1[C@H]2CC=CC[C@H]2C(=O)N1c1ccc(N2CCN(Cc3ccccc3)CC2)c([N+](=O)[O-])c1. The van der Waals surface area contributed by atoms with Gasteiger partial charge in [0, 0.05) is 38.8 Å². The molecule has 8 heteroatoms. The van der Waals surface area contributed by atoms with Crippen molar-refractivity contribution in [1.29, 1.82) is 0 Å². The molecule has 33 heavy (non-hydrogen) atoms. The Kier molecular flexibility index (Phi) is 5.68. The van der Waals surface area contributed by atoms with E-state index in [-0.39, 0.29) is 35.0 Å². The van der Waals surface area contributed by atoms with Crippen molar-refractivity contribution >= 4 is 28.9 Å². The van der Waals surface area contributed by atoms with Gasteiger partial charge in [-0.25, -0.2) is 4.90 Å². The zero-order chi connectivity index (χ0) is 22.9. The van der Waals surface area contributed by atoms with Gasteiger partial charge < -0.3 is 4.90 Å². The highest BCUT2D eigenvalue weighted by Gasteiger charge is 2.48. The Morgan fingerprint density at radius 1 is 0.879 bits per heavy atom. The van der Waals surface area contributed by atoms with Gasteiger partial charge in [-0.3, -0.25) is 24.6 Å². The molecule has 0 spiro atoms. The van der Waals surface area contributed by atoms with E-state index in [9.17, 15) is 19.7 Å². The second-order valence-corrected chi connectivity index (χ2v) is 8.85. The normalized spacial score (nSPS) is 23.2. The highest BCUT2D eigenvalue weighted by molar-refractivity contribution is 6.22. The van der Waals surface area contributed by atoms with Crippen molar-refractivity contribution in [2.24, 2.45) is 11.8 Å². The van der Waals surface area contributed by atoms with Gasteiger partial charge in [0.1, 0.15) is 5.69 Å². The molecular weight excluding hydrogens is 420 g/mol. The third-order valence-corrected chi connectivity index (χ3v) is 6.88. The lowest BCUT2D eigenvalue weighted by Crippen LogP contribution is -2.46. The molecule has 2 aromatic rings. The van der Waals surface area contributed by atoms with Gasteiger partial charge in [0.15, 0.2) is 0 Å². The summed E-state index contributed by atoms with van der Waals surface area (Å²) in [4.78, 5) is 42.8. The van der Waals surface area contributed by atoms with Crippen molar-refractivity contribution in [1.82, 2.24) is 4.90 Å². The number of piperazine rings is 1. The summed E-state index contributed by atoms with van der Waals surface area (Å²) in [6.45, 7) is 3.79. The van der Waals surface area contributed by atoms with Crippen LogP contribution in [0.15, 0.2) is 60.7 Å². The number of rotatable bonds is 5. The average Bonchev–Trinajstić information content (AvgIpc) is 3.10. The summed E-state index contributed by atoms with van der Waals surface area (Å²) in [5, 5.41) is 11.9. The second-order valence-electron chi connectivity index (χ2n) is 8.85. The largest absolute Gasteiger partial charge is 0.363 e. The molecule has 2 saturated heterocycles. The van der Waals surface area contributed by atoms with Crippen LogP contribution in [0.1, 0.15) is 18.4 Å². The maximum absolute atomic E-state index is 12.9. The van der Waals surface area contributed by atoms with Gasteiger partial charge in [0.05, 0.1) is 22.4 Å². The van der Waals surface area contributed by atoms with Crippen molar-refractivity contribution in [3.8, 4) is 0 Å². The molecular formula is C25H26N4O4. The molecule has 1 aliphatic carbocycles. The van der Waals surface area contributed by atoms with Crippen molar-refractivity contribution in [3.05, 3.63) is 76.4 Å². The maximum atomic E-state index is 12.9. The highest BCUT2D eigenvalue weighted by Crippen LogP contribution is 2.40. The molecule has 0 bridgehead atoms. The summed E-state index contributed by atoms with van der Waals surface area (Å²) >= 11 is 0. The monoisotopic (exact) mass is 446 g/mol. The first-order valence-electron chi connectivity index (χ1n) is 11.4. The van der Waals surface area contributed by atoms with Crippen LogP contribution in [0.2, 0.25) is 0 Å². The zero-order valence-corrected chi connectivity index (χ0v) is 18.3. The Labute approximate surface area is 192 Å². The minimum Gasteiger partial charge on any atom is -0.363 e. The van der Waals surface area contributed by atoms with E-state index in [0.717, 1.165) is 24.5 Å². The standard InChI is InChI=1S/C25H26N4O4/c30-24-20-8-4-5-9-21(20)25(31)28(24)19-10-11-22(23(16-19)29(32)33)27-14-12-26(13-15-27)17-18-6-2-1-3-7-18/h1-7,10-11,16,20-21H,8-9,12-15,17H2/t20-,21+. The van der Waals surface area contributed by atoms with E-state index < -0.39 is 4.92 Å². The Bertz CT molecular complexity index is 1080. The van der Waals surface area contributed by atoms with E-state index in [4.69, 9.17) is 0 Å². The number of carbonyl (C=O) groups is 2. The summed E-state index contributed by atoms with van der Waals surface area (Å²) in [6.07, 6.45) is 4.94. The Balaban J connectivity index is 1.33. The first kappa shape index (κ1) is 21.3. The van der Waals surface area contributed by atoms with E-state index in [0.29, 0.717) is 31.6 Å². The van der Waals surface area contributed by atoms with Gasteiger partial charge in [-0.15, -0.1) is 0 Å². The molecule has 170 valence electrons. The molecule has 8 nitrogen and oxygen atoms in total. The fraction of sp³-hybridized carbons (Fsp3) is 0.360. The van der Waals surface area contributed by atoms with Gasteiger partial charge in [-0.05, 0) is 30.5 Å². The molecule has 0 unspecified atom stereocenters. The van der Waals surface area contributed by atoms with Gasteiger partial charge in [-0.1, -0.05) is 42.5 Å². The number of benzene rings is 2. The molecule has 2 amide bonds. The summed E-state index contributed by atoms with van der Waals surface area (Å²) in [6, 6.07) is 15.0. The number of imide groups is 1. The minimum atomic E-state index is -0.422. The molecule has 0 aromatic heterocycles. The molecule has 3 aliphatic rings. The van der Waals surface area contributed by atoms with Crippen LogP contribution < -0.4 is 9.80 Å². The fourth-order valence-corrected chi connectivity index (χ4v) is 5.11. The van der Waals surface area contributed by atoms with Crippen molar-refractivity contribution in [2.45, 2.75) is 19.4 Å². The molecule has 5 rings (SSSR count). The van der Waals surface area contributed by atoms with Gasteiger partial charge in [0.2, 0.25) is 11.8 Å². The number of allylic oxidation sites excluding steroid dienone is 2. The quantitative estimate of drug-likeness (QED) is 0.303. The van der Waals surface area contributed by atoms with E-state index >= 15 is 0 Å². The molecule has 2 aliphatic heterocycles. The number of nitro benzene ring substituents is 1. The maximum Gasteiger partial charge on any atom is 0.294 e. The van der Waals surface area contributed by atoms with Gasteiger partial charge in [0.25, 0.3) is 5.69 Å². The predicted octanol–water partition coefficient (Wildman–Crippen LogP) is 3.37. The number of fused-ring (bicyclic) bond motifs is 1. The smallest absolute Gasteiger partial charge is 0.294 e. The third kappa shape index (κ3) is 4.02. The van der Waals surface area contributed by atoms with E-state index in [2.05, 4.69) is 17.0 Å². The summed E-state index contributed by atoms with van der Waals surface area (Å²) in [5.74, 6) is -1.24. The Morgan fingerprint density at radius 3 is 2.12 bits per heavy atom. The lowest BCUT2D eigenvalue weighted by molar-refractivity contribution is -0.384. The van der Waals surface area contributed by atoms with E-state index in [1.165, 1.54) is 11.6 Å². The highest BCUT2D eigenvalue weighted by atomic mass is 16.6. The van der Waals surface area contributed by atoms with E-state index in [1.54, 1.807) is 12.1 Å². The Morgan fingerprint density at radius 2 is 1.52 bits per heavy atom. The number of nitro groups is 1. The van der Waals surface area contributed by atoms with Crippen LogP contribution in [0.5, 0.6) is 0 Å². The third-order valence-electron chi connectivity index (χ3n) is 6.88. The lowest BCUT2D eigenvalue weighted by atomic mass is 9.85. The van der Waals surface area contributed by atoms with Crippen molar-refractivity contribution < 1.29 is 14.5 Å². The van der Waals surface area contributed by atoms with Gasteiger partial charge in [-0.2, -0.15) is 0 Å². The van der Waals surface area contributed by atoms with Crippen LogP contribution >= 0.6 is 0 Å². The number of hydrogen-bond acceptors (Lipinski definition) is 6. The molecule has 2 aromatic carbocycles.